The molecule has 17 heavy (non-hydrogen) atoms. The molecule has 2 rings (SSSR count). The number of anilines is 1. The molecule has 4 nitrogen and oxygen atoms in total. The van der Waals surface area contributed by atoms with Crippen molar-refractivity contribution in [1.82, 2.24) is 15.0 Å². The summed E-state index contributed by atoms with van der Waals surface area (Å²) in [6, 6.07) is 8.66. The van der Waals surface area contributed by atoms with Gasteiger partial charge in [0.2, 0.25) is 0 Å². The van der Waals surface area contributed by atoms with Crippen LogP contribution in [0.2, 0.25) is 0 Å². The van der Waals surface area contributed by atoms with E-state index in [0.717, 1.165) is 25.3 Å². The van der Waals surface area contributed by atoms with Gasteiger partial charge in [-0.05, 0) is 24.5 Å². The molecule has 1 heterocycles. The van der Waals surface area contributed by atoms with Crippen molar-refractivity contribution in [1.29, 1.82) is 0 Å². The molecule has 0 amide bonds. The van der Waals surface area contributed by atoms with E-state index in [9.17, 15) is 0 Å². The molecule has 1 N–H and O–H groups in total. The first-order valence-corrected chi connectivity index (χ1v) is 6.03. The van der Waals surface area contributed by atoms with E-state index in [-0.39, 0.29) is 0 Å². The van der Waals surface area contributed by atoms with E-state index >= 15 is 0 Å². The Labute approximate surface area is 102 Å². The lowest BCUT2D eigenvalue weighted by Crippen LogP contribution is -2.06. The lowest BCUT2D eigenvalue weighted by molar-refractivity contribution is 0.630. The molecular weight excluding hydrogens is 212 g/mol. The van der Waals surface area contributed by atoms with Gasteiger partial charge in [-0.2, -0.15) is 0 Å². The van der Waals surface area contributed by atoms with Crippen molar-refractivity contribution in [2.45, 2.75) is 33.4 Å². The molecule has 0 saturated carbocycles. The number of hydrogen-bond acceptors (Lipinski definition) is 3. The third-order valence-electron chi connectivity index (χ3n) is 2.82. The Hall–Kier alpha value is -1.84. The van der Waals surface area contributed by atoms with Crippen LogP contribution in [0, 0.1) is 0 Å². The summed E-state index contributed by atoms with van der Waals surface area (Å²) in [5.41, 5.74) is 2.64. The quantitative estimate of drug-likeness (QED) is 0.858. The van der Waals surface area contributed by atoms with Crippen LogP contribution >= 0.6 is 0 Å². The fourth-order valence-electron chi connectivity index (χ4n) is 1.71. The molecule has 0 saturated heterocycles. The van der Waals surface area contributed by atoms with Gasteiger partial charge >= 0.3 is 0 Å². The molecule has 1 aromatic carbocycles. The van der Waals surface area contributed by atoms with Crippen LogP contribution in [-0.4, -0.2) is 15.0 Å². The van der Waals surface area contributed by atoms with Crippen molar-refractivity contribution in [3.63, 3.8) is 0 Å². The number of aromatic nitrogens is 3. The van der Waals surface area contributed by atoms with Crippen molar-refractivity contribution in [3.05, 3.63) is 41.6 Å². The lowest BCUT2D eigenvalue weighted by atomic mass is 10.1. The highest BCUT2D eigenvalue weighted by atomic mass is 15.4. The third kappa shape index (κ3) is 2.84. The highest BCUT2D eigenvalue weighted by Gasteiger charge is 2.00. The average Bonchev–Trinajstić information content (AvgIpc) is 2.84. The van der Waals surface area contributed by atoms with Crippen LogP contribution in [0.25, 0.3) is 0 Å². The number of aryl methyl sites for hydroxylation is 2. The molecule has 0 spiro atoms. The van der Waals surface area contributed by atoms with Crippen LogP contribution in [0.15, 0.2) is 30.5 Å². The van der Waals surface area contributed by atoms with Gasteiger partial charge < -0.3 is 5.32 Å². The normalized spacial score (nSPS) is 10.5. The molecule has 90 valence electrons. The smallest absolute Gasteiger partial charge is 0.145 e. The zero-order valence-corrected chi connectivity index (χ0v) is 10.3. The summed E-state index contributed by atoms with van der Waals surface area (Å²) < 4.78 is 1.85. The largest absolute Gasteiger partial charge is 0.365 e. The van der Waals surface area contributed by atoms with Gasteiger partial charge in [0.25, 0.3) is 0 Å². The molecule has 0 aliphatic carbocycles. The van der Waals surface area contributed by atoms with Gasteiger partial charge in [0, 0.05) is 13.1 Å². The van der Waals surface area contributed by atoms with E-state index < -0.39 is 0 Å². The molecule has 0 atom stereocenters. The van der Waals surface area contributed by atoms with E-state index in [1.165, 1.54) is 11.1 Å². The standard InChI is InChI=1S/C13H18N4/c1-3-11-5-7-12(8-6-11)9-14-13-10-15-16-17(13)4-2/h5-8,10,14H,3-4,9H2,1-2H3. The second-order valence-corrected chi connectivity index (χ2v) is 3.96. The Morgan fingerprint density at radius 1 is 1.12 bits per heavy atom. The van der Waals surface area contributed by atoms with Crippen LogP contribution in [0.3, 0.4) is 0 Å². The molecule has 0 bridgehead atoms. The first kappa shape index (κ1) is 11.6. The Kier molecular flexibility index (Phi) is 3.75. The highest BCUT2D eigenvalue weighted by molar-refractivity contribution is 5.33. The minimum atomic E-state index is 0.803. The molecule has 0 aliphatic heterocycles. The second kappa shape index (κ2) is 5.48. The molecule has 4 heteroatoms. The first-order chi connectivity index (χ1) is 8.33. The first-order valence-electron chi connectivity index (χ1n) is 6.03. The monoisotopic (exact) mass is 230 g/mol. The summed E-state index contributed by atoms with van der Waals surface area (Å²) >= 11 is 0. The molecule has 0 fully saturated rings. The number of rotatable bonds is 5. The molecule has 1 aromatic heterocycles. The van der Waals surface area contributed by atoms with E-state index in [1.54, 1.807) is 6.20 Å². The van der Waals surface area contributed by atoms with Crippen molar-refractivity contribution in [3.8, 4) is 0 Å². The van der Waals surface area contributed by atoms with Crippen LogP contribution in [0.4, 0.5) is 5.82 Å². The Bertz CT molecular complexity index is 459. The predicted octanol–water partition coefficient (Wildman–Crippen LogP) is 2.47. The van der Waals surface area contributed by atoms with Crippen molar-refractivity contribution in [2.24, 2.45) is 0 Å². The zero-order chi connectivity index (χ0) is 12.1. The van der Waals surface area contributed by atoms with Crippen LogP contribution in [0.1, 0.15) is 25.0 Å². The third-order valence-corrected chi connectivity index (χ3v) is 2.82. The molecule has 0 radical (unpaired) electrons. The molecule has 0 unspecified atom stereocenters. The summed E-state index contributed by atoms with van der Waals surface area (Å²) in [5.74, 6) is 0.965. The fourth-order valence-corrected chi connectivity index (χ4v) is 1.71. The van der Waals surface area contributed by atoms with Gasteiger partial charge in [0.05, 0.1) is 6.20 Å². The number of hydrogen-bond donors (Lipinski definition) is 1. The minimum Gasteiger partial charge on any atom is -0.365 e. The van der Waals surface area contributed by atoms with Gasteiger partial charge in [-0.3, -0.25) is 0 Å². The number of nitrogens with one attached hydrogen (secondary N) is 1. The van der Waals surface area contributed by atoms with Gasteiger partial charge in [-0.1, -0.05) is 36.4 Å². The lowest BCUT2D eigenvalue weighted by Gasteiger charge is -2.07. The Morgan fingerprint density at radius 2 is 1.82 bits per heavy atom. The van der Waals surface area contributed by atoms with Crippen molar-refractivity contribution < 1.29 is 0 Å². The Balaban J connectivity index is 1.97. The molecule has 2 aromatic rings. The molecule has 0 aliphatic rings. The predicted molar refractivity (Wildman–Crippen MR) is 68.8 cm³/mol. The summed E-state index contributed by atoms with van der Waals surface area (Å²) in [7, 11) is 0. The van der Waals surface area contributed by atoms with E-state index in [1.807, 2.05) is 4.68 Å². The number of benzene rings is 1. The van der Waals surface area contributed by atoms with Gasteiger partial charge in [-0.25, -0.2) is 4.68 Å². The van der Waals surface area contributed by atoms with E-state index in [2.05, 4.69) is 53.7 Å². The summed E-state index contributed by atoms with van der Waals surface area (Å²) in [4.78, 5) is 0. The maximum atomic E-state index is 3.98. The van der Waals surface area contributed by atoms with Gasteiger partial charge in [-0.15, -0.1) is 5.10 Å². The van der Waals surface area contributed by atoms with Gasteiger partial charge in [0.1, 0.15) is 5.82 Å². The maximum absolute atomic E-state index is 3.98. The second-order valence-electron chi connectivity index (χ2n) is 3.96. The van der Waals surface area contributed by atoms with Gasteiger partial charge in [0.15, 0.2) is 0 Å². The Morgan fingerprint density at radius 3 is 2.47 bits per heavy atom. The summed E-state index contributed by atoms with van der Waals surface area (Å²) in [6.07, 6.45) is 2.84. The SMILES string of the molecule is CCc1ccc(CNc2cnnn2CC)cc1. The van der Waals surface area contributed by atoms with Crippen LogP contribution in [0.5, 0.6) is 0 Å². The van der Waals surface area contributed by atoms with Crippen LogP contribution < -0.4 is 5.32 Å². The van der Waals surface area contributed by atoms with Crippen molar-refractivity contribution >= 4 is 5.82 Å². The fraction of sp³-hybridized carbons (Fsp3) is 0.385. The summed E-state index contributed by atoms with van der Waals surface area (Å²) in [6.45, 7) is 5.85. The highest BCUT2D eigenvalue weighted by Crippen LogP contribution is 2.09. The topological polar surface area (TPSA) is 42.7 Å². The minimum absolute atomic E-state index is 0.803. The van der Waals surface area contributed by atoms with E-state index in [0.29, 0.717) is 0 Å². The number of nitrogens with zero attached hydrogens (tertiary/aromatic N) is 3. The summed E-state index contributed by atoms with van der Waals surface area (Å²) in [5, 5.41) is 11.2. The van der Waals surface area contributed by atoms with Crippen molar-refractivity contribution in [2.75, 3.05) is 5.32 Å². The van der Waals surface area contributed by atoms with E-state index in [4.69, 9.17) is 0 Å². The van der Waals surface area contributed by atoms with Crippen LogP contribution in [-0.2, 0) is 19.5 Å². The zero-order valence-electron chi connectivity index (χ0n) is 10.3. The average molecular weight is 230 g/mol. The maximum Gasteiger partial charge on any atom is 0.145 e. The molecular formula is C13H18N4.